The van der Waals surface area contributed by atoms with Crippen molar-refractivity contribution in [3.8, 4) is 0 Å². The zero-order valence-corrected chi connectivity index (χ0v) is 12.4. The summed E-state index contributed by atoms with van der Waals surface area (Å²) in [5, 5.41) is 13.9. The van der Waals surface area contributed by atoms with E-state index in [-0.39, 0.29) is 37.6 Å². The molecule has 1 fully saturated rings. The summed E-state index contributed by atoms with van der Waals surface area (Å²) in [6.45, 7) is 0.000814. The third kappa shape index (κ3) is 2.87. The maximum absolute atomic E-state index is 14.4. The second-order valence-corrected chi connectivity index (χ2v) is 5.25. The van der Waals surface area contributed by atoms with Crippen LogP contribution in [-0.4, -0.2) is 61.3 Å². The maximum atomic E-state index is 14.4. The van der Waals surface area contributed by atoms with Gasteiger partial charge in [-0.25, -0.2) is 18.6 Å². The van der Waals surface area contributed by atoms with Crippen LogP contribution in [0.15, 0.2) is 17.2 Å². The van der Waals surface area contributed by atoms with Gasteiger partial charge in [0.1, 0.15) is 18.1 Å². The average molecular weight is 340 g/mol. The molecule has 1 N–H and O–H groups in total. The molecule has 0 radical (unpaired) electrons. The minimum Gasteiger partial charge on any atom is -0.441 e. The first-order valence-electron chi connectivity index (χ1n) is 7.14. The van der Waals surface area contributed by atoms with Gasteiger partial charge < -0.3 is 14.7 Å². The van der Waals surface area contributed by atoms with Crippen LogP contribution >= 0.6 is 0 Å². The van der Waals surface area contributed by atoms with Crippen molar-refractivity contribution >= 4 is 30.2 Å². The van der Waals surface area contributed by atoms with Crippen LogP contribution in [0.1, 0.15) is 0 Å². The number of nitrogens with zero attached hydrogens (tertiary/aromatic N) is 4. The standard InChI is InChI=1S/C14H14F2N4O4/c15-11-3-9(20-5-10(6-21)24-14(20)23)4-12(16)13(11)18-1-2-19(8-22)17-7-18/h3-4,7-8,10,21H,1-2,5-6H2/t10-/m1/s1. The topological polar surface area (TPSA) is 85.7 Å². The van der Waals surface area contributed by atoms with E-state index in [1.807, 2.05) is 0 Å². The number of hydrogen-bond donors (Lipinski definition) is 1. The Hall–Kier alpha value is -2.75. The van der Waals surface area contributed by atoms with Gasteiger partial charge in [-0.2, -0.15) is 5.10 Å². The van der Waals surface area contributed by atoms with Gasteiger partial charge in [0.2, 0.25) is 6.41 Å². The van der Waals surface area contributed by atoms with E-state index >= 15 is 0 Å². The first-order valence-corrected chi connectivity index (χ1v) is 7.14. The highest BCUT2D eigenvalue weighted by Gasteiger charge is 2.33. The molecule has 1 aromatic carbocycles. The van der Waals surface area contributed by atoms with E-state index in [0.717, 1.165) is 28.4 Å². The molecule has 1 atom stereocenters. The Morgan fingerprint density at radius 2 is 2.04 bits per heavy atom. The van der Waals surface area contributed by atoms with Gasteiger partial charge in [0.25, 0.3) is 0 Å². The summed E-state index contributed by atoms with van der Waals surface area (Å²) in [6, 6.07) is 2.03. The number of halogens is 2. The lowest BCUT2D eigenvalue weighted by molar-refractivity contribution is -0.118. The summed E-state index contributed by atoms with van der Waals surface area (Å²) in [6.07, 6.45) is 0.166. The lowest BCUT2D eigenvalue weighted by atomic mass is 10.2. The molecular formula is C14H14F2N4O4. The minimum absolute atomic E-state index is 0.00170. The summed E-state index contributed by atoms with van der Waals surface area (Å²) in [5.41, 5.74) is -0.322. The van der Waals surface area contributed by atoms with E-state index in [1.165, 1.54) is 4.90 Å². The van der Waals surface area contributed by atoms with Gasteiger partial charge in [0, 0.05) is 18.7 Å². The predicted octanol–water partition coefficient (Wildman–Crippen LogP) is 0.504. The molecule has 3 rings (SSSR count). The number of carbonyl (C=O) groups is 2. The van der Waals surface area contributed by atoms with Crippen molar-refractivity contribution in [3.63, 3.8) is 0 Å². The fraction of sp³-hybridized carbons (Fsp3) is 0.357. The highest BCUT2D eigenvalue weighted by molar-refractivity contribution is 5.90. The van der Waals surface area contributed by atoms with Crippen LogP contribution in [0.25, 0.3) is 0 Å². The lowest BCUT2D eigenvalue weighted by Gasteiger charge is -2.27. The highest BCUT2D eigenvalue weighted by Crippen LogP contribution is 2.31. The summed E-state index contributed by atoms with van der Waals surface area (Å²) in [7, 11) is 0. The summed E-state index contributed by atoms with van der Waals surface area (Å²) in [4.78, 5) is 24.6. The molecule has 0 bridgehead atoms. The van der Waals surface area contributed by atoms with Crippen molar-refractivity contribution in [1.29, 1.82) is 0 Å². The van der Waals surface area contributed by atoms with Gasteiger partial charge in [-0.05, 0) is 0 Å². The van der Waals surface area contributed by atoms with Crippen LogP contribution in [0.5, 0.6) is 0 Å². The van der Waals surface area contributed by atoms with Gasteiger partial charge >= 0.3 is 6.09 Å². The Labute approximate surface area is 135 Å². The molecule has 2 aliphatic heterocycles. The van der Waals surface area contributed by atoms with Crippen molar-refractivity contribution in [2.24, 2.45) is 5.10 Å². The molecule has 0 saturated carbocycles. The Balaban J connectivity index is 1.87. The number of cyclic esters (lactones) is 1. The van der Waals surface area contributed by atoms with Crippen LogP contribution in [0, 0.1) is 11.6 Å². The molecule has 128 valence electrons. The van der Waals surface area contributed by atoms with E-state index in [2.05, 4.69) is 5.10 Å². The Bertz CT molecular complexity index is 676. The summed E-state index contributed by atoms with van der Waals surface area (Å²) >= 11 is 0. The van der Waals surface area contributed by atoms with Crippen molar-refractivity contribution in [1.82, 2.24) is 5.01 Å². The Kier molecular flexibility index (Phi) is 4.30. The number of hydrazone groups is 1. The monoisotopic (exact) mass is 340 g/mol. The molecule has 2 aliphatic rings. The fourth-order valence-electron chi connectivity index (χ4n) is 2.51. The number of carbonyl (C=O) groups excluding carboxylic acids is 2. The third-order valence-electron chi connectivity index (χ3n) is 3.71. The largest absolute Gasteiger partial charge is 0.441 e. The van der Waals surface area contributed by atoms with Crippen LogP contribution in [-0.2, 0) is 9.53 Å². The number of anilines is 2. The molecule has 0 spiro atoms. The minimum atomic E-state index is -0.878. The number of aliphatic hydroxyl groups excluding tert-OH is 1. The van der Waals surface area contributed by atoms with Crippen LogP contribution in [0.3, 0.4) is 0 Å². The van der Waals surface area contributed by atoms with E-state index in [0.29, 0.717) is 6.41 Å². The lowest BCUT2D eigenvalue weighted by Crippen LogP contribution is -2.38. The quantitative estimate of drug-likeness (QED) is 0.807. The van der Waals surface area contributed by atoms with Crippen LogP contribution in [0.4, 0.5) is 25.0 Å². The molecule has 2 heterocycles. The molecule has 0 aliphatic carbocycles. The van der Waals surface area contributed by atoms with Gasteiger partial charge in [0.15, 0.2) is 11.6 Å². The molecule has 2 amide bonds. The Morgan fingerprint density at radius 3 is 2.54 bits per heavy atom. The molecule has 8 nitrogen and oxygen atoms in total. The SMILES string of the molecule is O=CN1CCN(c2c(F)cc(N3C[C@H](CO)OC3=O)cc2F)C=N1. The Morgan fingerprint density at radius 1 is 1.33 bits per heavy atom. The van der Waals surface area contributed by atoms with Crippen molar-refractivity contribution < 1.29 is 28.2 Å². The van der Waals surface area contributed by atoms with E-state index in [1.54, 1.807) is 0 Å². The van der Waals surface area contributed by atoms with Crippen molar-refractivity contribution in [3.05, 3.63) is 23.8 Å². The second-order valence-electron chi connectivity index (χ2n) is 5.25. The summed E-state index contributed by atoms with van der Waals surface area (Å²) in [5.74, 6) is -1.76. The van der Waals surface area contributed by atoms with Gasteiger partial charge in [-0.1, -0.05) is 0 Å². The number of aliphatic hydroxyl groups is 1. The number of rotatable bonds is 4. The van der Waals surface area contributed by atoms with Gasteiger partial charge in [-0.3, -0.25) is 9.69 Å². The van der Waals surface area contributed by atoms with E-state index in [9.17, 15) is 18.4 Å². The molecule has 24 heavy (non-hydrogen) atoms. The fourth-order valence-corrected chi connectivity index (χ4v) is 2.51. The normalized spacial score (nSPS) is 20.5. The first kappa shape index (κ1) is 16.1. The van der Waals surface area contributed by atoms with Gasteiger partial charge in [0.05, 0.1) is 25.4 Å². The van der Waals surface area contributed by atoms with E-state index in [4.69, 9.17) is 9.84 Å². The zero-order chi connectivity index (χ0) is 17.3. The molecule has 1 aromatic rings. The molecule has 10 heteroatoms. The average Bonchev–Trinajstić information content (AvgIpc) is 2.96. The smallest absolute Gasteiger partial charge is 0.414 e. The maximum Gasteiger partial charge on any atom is 0.414 e. The van der Waals surface area contributed by atoms with Crippen LogP contribution in [0.2, 0.25) is 0 Å². The van der Waals surface area contributed by atoms with E-state index < -0.39 is 23.8 Å². The van der Waals surface area contributed by atoms with Crippen molar-refractivity contribution in [2.45, 2.75) is 6.10 Å². The number of hydrogen-bond acceptors (Lipinski definition) is 6. The first-order chi connectivity index (χ1) is 11.5. The van der Waals surface area contributed by atoms with Crippen LogP contribution < -0.4 is 9.80 Å². The molecule has 0 unspecified atom stereocenters. The number of ether oxygens (including phenoxy) is 1. The predicted molar refractivity (Wildman–Crippen MR) is 79.7 cm³/mol. The summed E-state index contributed by atoms with van der Waals surface area (Å²) < 4.78 is 33.6. The molecule has 0 aromatic heterocycles. The molecule has 1 saturated heterocycles. The number of amides is 2. The zero-order valence-electron chi connectivity index (χ0n) is 12.4. The second kappa shape index (κ2) is 6.40. The highest BCUT2D eigenvalue weighted by atomic mass is 19.1. The van der Waals surface area contributed by atoms with Crippen molar-refractivity contribution in [2.75, 3.05) is 36.0 Å². The van der Waals surface area contributed by atoms with Gasteiger partial charge in [-0.15, -0.1) is 0 Å². The third-order valence-corrected chi connectivity index (χ3v) is 3.71. The molecular weight excluding hydrogens is 326 g/mol. The number of benzene rings is 1.